The summed E-state index contributed by atoms with van der Waals surface area (Å²) in [6.45, 7) is 13.4. The smallest absolute Gasteiger partial charge is 0.00186 e. The summed E-state index contributed by atoms with van der Waals surface area (Å²) in [4.78, 5) is 2.82. The van der Waals surface area contributed by atoms with Crippen LogP contribution in [-0.2, 0) is 0 Å². The summed E-state index contributed by atoms with van der Waals surface area (Å²) < 4.78 is 0. The van der Waals surface area contributed by atoms with Gasteiger partial charge in [0.25, 0.3) is 0 Å². The Morgan fingerprint density at radius 2 is 0.538 bits per heavy atom. The van der Waals surface area contributed by atoms with Gasteiger partial charge < -0.3 is 4.90 Å². The Morgan fingerprint density at radius 3 is 0.795 bits per heavy atom. The van der Waals surface area contributed by atoms with Gasteiger partial charge in [-0.15, -0.1) is 0 Å². The first-order valence-electron chi connectivity index (χ1n) is 18.9. The maximum Gasteiger partial charge on any atom is -0.00186 e. The van der Waals surface area contributed by atoms with Crippen LogP contribution in [0.5, 0.6) is 0 Å². The van der Waals surface area contributed by atoms with Crippen molar-refractivity contribution in [3.8, 4) is 0 Å². The van der Waals surface area contributed by atoms with Gasteiger partial charge in [-0.1, -0.05) is 195 Å². The Bertz CT molecular complexity index is 385. The van der Waals surface area contributed by atoms with Gasteiger partial charge in [0.1, 0.15) is 0 Å². The van der Waals surface area contributed by atoms with Crippen molar-refractivity contribution in [1.29, 1.82) is 0 Å². The third-order valence-electron chi connectivity index (χ3n) is 8.91. The van der Waals surface area contributed by atoms with E-state index in [0.717, 1.165) is 5.92 Å². The van der Waals surface area contributed by atoms with Crippen LogP contribution in [0, 0.1) is 5.92 Å². The van der Waals surface area contributed by atoms with Gasteiger partial charge >= 0.3 is 0 Å². The lowest BCUT2D eigenvalue weighted by atomic mass is 10.0. The van der Waals surface area contributed by atoms with Gasteiger partial charge in [-0.25, -0.2) is 0 Å². The molecule has 0 aromatic heterocycles. The van der Waals surface area contributed by atoms with E-state index in [1.165, 1.54) is 212 Å². The van der Waals surface area contributed by atoms with Crippen molar-refractivity contribution in [2.45, 2.75) is 220 Å². The fourth-order valence-electron chi connectivity index (χ4n) is 6.12. The number of rotatable bonds is 34. The second-order valence-electron chi connectivity index (χ2n) is 13.6. The van der Waals surface area contributed by atoms with Crippen molar-refractivity contribution in [3.63, 3.8) is 0 Å². The predicted octanol–water partition coefficient (Wildman–Crippen LogP) is 13.7. The van der Waals surface area contributed by atoms with E-state index in [0.29, 0.717) is 0 Å². The van der Waals surface area contributed by atoms with Crippen molar-refractivity contribution < 1.29 is 0 Å². The van der Waals surface area contributed by atoms with E-state index < -0.39 is 0 Å². The van der Waals surface area contributed by atoms with Crippen LogP contribution in [0.25, 0.3) is 0 Å². The van der Waals surface area contributed by atoms with E-state index in [1.54, 1.807) is 0 Å². The lowest BCUT2D eigenvalue weighted by molar-refractivity contribution is 0.251. The van der Waals surface area contributed by atoms with Crippen molar-refractivity contribution >= 4 is 0 Å². The van der Waals surface area contributed by atoms with Crippen molar-refractivity contribution in [2.24, 2.45) is 5.92 Å². The molecule has 0 unspecified atom stereocenters. The molecule has 0 bridgehead atoms. The quantitative estimate of drug-likeness (QED) is 0.0721. The van der Waals surface area contributed by atoms with Gasteiger partial charge in [-0.3, -0.25) is 0 Å². The first kappa shape index (κ1) is 39.0. The number of nitrogens with zero attached hydrogens (tertiary/aromatic N) is 1. The molecule has 0 aliphatic carbocycles. The van der Waals surface area contributed by atoms with Crippen LogP contribution in [0.4, 0.5) is 0 Å². The molecule has 1 nitrogen and oxygen atoms in total. The molecule has 0 aliphatic heterocycles. The average Bonchev–Trinajstić information content (AvgIpc) is 2.92. The minimum Gasteiger partial charge on any atom is -0.303 e. The molecule has 0 spiro atoms. The molecule has 0 aromatic rings. The number of unbranched alkanes of at least 4 members (excludes halogenated alkanes) is 26. The molecular formula is C38H79N. The maximum absolute atomic E-state index is 2.82. The van der Waals surface area contributed by atoms with Crippen LogP contribution >= 0.6 is 0 Å². The highest BCUT2D eigenvalue weighted by molar-refractivity contribution is 4.61. The molecule has 236 valence electrons. The normalized spacial score (nSPS) is 11.8. The van der Waals surface area contributed by atoms with Gasteiger partial charge in [0.2, 0.25) is 0 Å². The summed E-state index contributed by atoms with van der Waals surface area (Å²) in [6, 6.07) is 0. The molecule has 0 saturated carbocycles. The summed E-state index contributed by atoms with van der Waals surface area (Å²) in [6.07, 6.45) is 43.7. The van der Waals surface area contributed by atoms with Crippen LogP contribution in [-0.4, -0.2) is 24.5 Å². The standard InChI is InChI=1S/C38H79N/c1-5-7-9-11-13-15-17-19-21-23-25-27-29-31-35-39(37-33-34-38(3)4)36-32-30-28-26-24-22-20-18-16-14-12-10-8-6-2/h38H,5-37H2,1-4H3. The fraction of sp³-hybridized carbons (Fsp3) is 1.00. The molecule has 0 heterocycles. The van der Waals surface area contributed by atoms with Crippen LogP contribution in [0.15, 0.2) is 0 Å². The van der Waals surface area contributed by atoms with E-state index in [2.05, 4.69) is 32.6 Å². The first-order valence-corrected chi connectivity index (χ1v) is 18.9. The number of hydrogen-bond acceptors (Lipinski definition) is 1. The molecule has 0 aliphatic rings. The molecule has 0 aromatic carbocycles. The lowest BCUT2D eigenvalue weighted by Crippen LogP contribution is -2.27. The van der Waals surface area contributed by atoms with E-state index in [-0.39, 0.29) is 0 Å². The third kappa shape index (κ3) is 34.1. The number of hydrogen-bond donors (Lipinski definition) is 0. The zero-order valence-corrected chi connectivity index (χ0v) is 28.4. The maximum atomic E-state index is 2.82. The van der Waals surface area contributed by atoms with Crippen molar-refractivity contribution in [3.05, 3.63) is 0 Å². The minimum absolute atomic E-state index is 0.856. The van der Waals surface area contributed by atoms with Crippen molar-refractivity contribution in [2.75, 3.05) is 19.6 Å². The first-order chi connectivity index (χ1) is 19.2. The van der Waals surface area contributed by atoms with E-state index in [4.69, 9.17) is 0 Å². The van der Waals surface area contributed by atoms with Gasteiger partial charge in [0.15, 0.2) is 0 Å². The van der Waals surface area contributed by atoms with E-state index in [9.17, 15) is 0 Å². The minimum atomic E-state index is 0.856. The van der Waals surface area contributed by atoms with Gasteiger partial charge in [0.05, 0.1) is 0 Å². The van der Waals surface area contributed by atoms with Crippen LogP contribution in [0.3, 0.4) is 0 Å². The molecule has 0 saturated heterocycles. The Morgan fingerprint density at radius 1 is 0.308 bits per heavy atom. The van der Waals surface area contributed by atoms with E-state index in [1.807, 2.05) is 0 Å². The monoisotopic (exact) mass is 550 g/mol. The van der Waals surface area contributed by atoms with E-state index >= 15 is 0 Å². The summed E-state index contributed by atoms with van der Waals surface area (Å²) >= 11 is 0. The highest BCUT2D eigenvalue weighted by atomic mass is 15.1. The third-order valence-corrected chi connectivity index (χ3v) is 8.91. The summed E-state index contributed by atoms with van der Waals surface area (Å²) in [5.74, 6) is 0.856. The Kier molecular flexibility index (Phi) is 34.1. The highest BCUT2D eigenvalue weighted by Gasteiger charge is 2.06. The highest BCUT2D eigenvalue weighted by Crippen LogP contribution is 2.15. The second kappa shape index (κ2) is 34.2. The zero-order chi connectivity index (χ0) is 28.5. The molecule has 1 heteroatoms. The average molecular weight is 550 g/mol. The van der Waals surface area contributed by atoms with Gasteiger partial charge in [-0.2, -0.15) is 0 Å². The van der Waals surface area contributed by atoms with Gasteiger partial charge in [0, 0.05) is 0 Å². The molecule has 39 heavy (non-hydrogen) atoms. The molecule has 0 fully saturated rings. The summed E-state index contributed by atoms with van der Waals surface area (Å²) in [5, 5.41) is 0. The molecule has 0 N–H and O–H groups in total. The van der Waals surface area contributed by atoms with Crippen LogP contribution in [0.2, 0.25) is 0 Å². The predicted molar refractivity (Wildman–Crippen MR) is 181 cm³/mol. The molecule has 0 rings (SSSR count). The van der Waals surface area contributed by atoms with Crippen LogP contribution in [0.1, 0.15) is 220 Å². The van der Waals surface area contributed by atoms with Crippen LogP contribution < -0.4 is 0 Å². The molecular weight excluding hydrogens is 470 g/mol. The molecule has 0 atom stereocenters. The summed E-state index contributed by atoms with van der Waals surface area (Å²) in [5.41, 5.74) is 0. The largest absolute Gasteiger partial charge is 0.303 e. The second-order valence-corrected chi connectivity index (χ2v) is 13.6. The molecule has 0 radical (unpaired) electrons. The SMILES string of the molecule is CCCCCCCCCCCCCCCCN(CCCCCCCCCCCCCCCC)CCCC(C)C. The Labute approximate surface area is 250 Å². The lowest BCUT2D eigenvalue weighted by Gasteiger charge is -2.23. The fourth-order valence-corrected chi connectivity index (χ4v) is 6.12. The zero-order valence-electron chi connectivity index (χ0n) is 28.4. The van der Waals surface area contributed by atoms with Crippen molar-refractivity contribution in [1.82, 2.24) is 4.90 Å². The Balaban J connectivity index is 3.64. The summed E-state index contributed by atoms with van der Waals surface area (Å²) in [7, 11) is 0. The topological polar surface area (TPSA) is 3.24 Å². The van der Waals surface area contributed by atoms with Gasteiger partial charge in [-0.05, 0) is 51.2 Å². The Hall–Kier alpha value is -0.0400. The molecule has 0 amide bonds.